The van der Waals surface area contributed by atoms with Crippen molar-refractivity contribution in [3.05, 3.63) is 42.2 Å². The third-order valence-electron chi connectivity index (χ3n) is 3.71. The monoisotopic (exact) mass is 311 g/mol. The van der Waals surface area contributed by atoms with Gasteiger partial charge >= 0.3 is 5.97 Å². The zero-order chi connectivity index (χ0) is 16.6. The maximum absolute atomic E-state index is 11.1. The highest BCUT2D eigenvalue weighted by molar-refractivity contribution is 5.90. The van der Waals surface area contributed by atoms with Gasteiger partial charge in [-0.2, -0.15) is 4.98 Å². The van der Waals surface area contributed by atoms with Crippen molar-refractivity contribution >= 4 is 23.0 Å². The molecule has 0 spiro atoms. The first-order chi connectivity index (χ1) is 11.0. The maximum Gasteiger partial charge on any atom is 0.371 e. The number of anilines is 1. The molecule has 0 saturated carbocycles. The van der Waals surface area contributed by atoms with E-state index in [0.29, 0.717) is 17.0 Å². The van der Waals surface area contributed by atoms with Crippen molar-refractivity contribution in [3.63, 3.8) is 0 Å². The summed E-state index contributed by atoms with van der Waals surface area (Å²) in [6.07, 6.45) is 0. The Kier molecular flexibility index (Phi) is 3.73. The first-order valence-corrected chi connectivity index (χ1v) is 7.30. The Balaban J connectivity index is 2.26. The summed E-state index contributed by atoms with van der Waals surface area (Å²) >= 11 is 0. The highest BCUT2D eigenvalue weighted by atomic mass is 16.4. The van der Waals surface area contributed by atoms with Gasteiger partial charge in [0.15, 0.2) is 5.82 Å². The summed E-state index contributed by atoms with van der Waals surface area (Å²) in [6, 6.07) is 11.3. The number of rotatable bonds is 4. The Morgan fingerprint density at radius 2 is 1.91 bits per heavy atom. The van der Waals surface area contributed by atoms with Gasteiger partial charge in [0.1, 0.15) is 11.2 Å². The molecular formula is C17H17N3O3. The second-order valence-electron chi connectivity index (χ2n) is 5.57. The van der Waals surface area contributed by atoms with Crippen LogP contribution in [0.25, 0.3) is 22.5 Å². The SMILES string of the molecule is CC(C)N(C)c1nc2oc(C(=O)O)cc2nc1-c1ccccc1. The lowest BCUT2D eigenvalue weighted by Gasteiger charge is -2.24. The van der Waals surface area contributed by atoms with Crippen LogP contribution < -0.4 is 4.90 Å². The van der Waals surface area contributed by atoms with Crippen LogP contribution in [0, 0.1) is 0 Å². The molecule has 0 amide bonds. The summed E-state index contributed by atoms with van der Waals surface area (Å²) in [5, 5.41) is 9.08. The lowest BCUT2D eigenvalue weighted by atomic mass is 10.1. The molecule has 1 N–H and O–H groups in total. The number of carboxylic acid groups (broad SMARTS) is 1. The van der Waals surface area contributed by atoms with Crippen LogP contribution in [-0.2, 0) is 0 Å². The van der Waals surface area contributed by atoms with E-state index in [2.05, 4.69) is 9.97 Å². The Morgan fingerprint density at radius 3 is 2.52 bits per heavy atom. The average Bonchev–Trinajstić information content (AvgIpc) is 2.97. The first kappa shape index (κ1) is 15.0. The molecule has 0 atom stereocenters. The molecule has 1 aromatic carbocycles. The zero-order valence-electron chi connectivity index (χ0n) is 13.1. The Bertz CT molecular complexity index is 856. The van der Waals surface area contributed by atoms with E-state index in [4.69, 9.17) is 9.52 Å². The number of fused-ring (bicyclic) bond motifs is 1. The molecule has 6 nitrogen and oxygen atoms in total. The van der Waals surface area contributed by atoms with Crippen LogP contribution in [0.5, 0.6) is 0 Å². The molecule has 0 bridgehead atoms. The summed E-state index contributed by atoms with van der Waals surface area (Å²) in [5.41, 5.74) is 2.28. The largest absolute Gasteiger partial charge is 0.475 e. The van der Waals surface area contributed by atoms with Gasteiger partial charge in [0.25, 0.3) is 0 Å². The molecule has 0 radical (unpaired) electrons. The second-order valence-corrected chi connectivity index (χ2v) is 5.57. The van der Waals surface area contributed by atoms with Crippen LogP contribution in [0.15, 0.2) is 40.8 Å². The molecule has 118 valence electrons. The molecule has 2 aromatic heterocycles. The van der Waals surface area contributed by atoms with Crippen LogP contribution in [0.4, 0.5) is 5.82 Å². The molecule has 0 fully saturated rings. The Morgan fingerprint density at radius 1 is 1.22 bits per heavy atom. The zero-order valence-corrected chi connectivity index (χ0v) is 13.1. The number of furan rings is 1. The van der Waals surface area contributed by atoms with Gasteiger partial charge in [0, 0.05) is 24.7 Å². The number of carbonyl (C=O) groups is 1. The van der Waals surface area contributed by atoms with E-state index in [0.717, 1.165) is 5.56 Å². The van der Waals surface area contributed by atoms with Gasteiger partial charge in [-0.3, -0.25) is 0 Å². The van der Waals surface area contributed by atoms with Gasteiger partial charge < -0.3 is 14.4 Å². The van der Waals surface area contributed by atoms with E-state index in [1.54, 1.807) is 0 Å². The van der Waals surface area contributed by atoms with E-state index >= 15 is 0 Å². The maximum atomic E-state index is 11.1. The van der Waals surface area contributed by atoms with Crippen molar-refractivity contribution in [2.45, 2.75) is 19.9 Å². The van der Waals surface area contributed by atoms with Crippen molar-refractivity contribution in [1.29, 1.82) is 0 Å². The topological polar surface area (TPSA) is 79.5 Å². The normalized spacial score (nSPS) is 11.1. The van der Waals surface area contributed by atoms with Gasteiger partial charge in [-0.05, 0) is 13.8 Å². The van der Waals surface area contributed by atoms with Crippen molar-refractivity contribution in [1.82, 2.24) is 9.97 Å². The number of hydrogen-bond acceptors (Lipinski definition) is 5. The molecule has 0 unspecified atom stereocenters. The van der Waals surface area contributed by atoms with Crippen LogP contribution in [0.3, 0.4) is 0 Å². The van der Waals surface area contributed by atoms with E-state index < -0.39 is 5.97 Å². The fraction of sp³-hybridized carbons (Fsp3) is 0.235. The molecular weight excluding hydrogens is 294 g/mol. The van der Waals surface area contributed by atoms with Crippen LogP contribution in [0.1, 0.15) is 24.4 Å². The first-order valence-electron chi connectivity index (χ1n) is 7.30. The highest BCUT2D eigenvalue weighted by Crippen LogP contribution is 2.31. The standard InChI is InChI=1S/C17H17N3O3/c1-10(2)20(3)15-14(11-7-5-4-6-8-11)18-12-9-13(17(21)22)23-16(12)19-15/h4-10H,1-3H3,(H,21,22). The highest BCUT2D eigenvalue weighted by Gasteiger charge is 2.20. The lowest BCUT2D eigenvalue weighted by Crippen LogP contribution is -2.27. The molecule has 0 aliphatic rings. The summed E-state index contributed by atoms with van der Waals surface area (Å²) in [6.45, 7) is 4.09. The minimum Gasteiger partial charge on any atom is -0.475 e. The Hall–Kier alpha value is -2.89. The number of hydrogen-bond donors (Lipinski definition) is 1. The lowest BCUT2D eigenvalue weighted by molar-refractivity contribution is 0.0664. The summed E-state index contributed by atoms with van der Waals surface area (Å²) in [7, 11) is 1.92. The number of nitrogens with zero attached hydrogens (tertiary/aromatic N) is 3. The van der Waals surface area contributed by atoms with Crippen LogP contribution >= 0.6 is 0 Å². The molecule has 23 heavy (non-hydrogen) atoms. The van der Waals surface area contributed by atoms with Crippen molar-refractivity contribution in [2.24, 2.45) is 0 Å². The number of aromatic carboxylic acids is 1. The summed E-state index contributed by atoms with van der Waals surface area (Å²) in [4.78, 5) is 22.2. The fourth-order valence-corrected chi connectivity index (χ4v) is 2.24. The molecule has 3 rings (SSSR count). The molecule has 3 aromatic rings. The van der Waals surface area contributed by atoms with Crippen molar-refractivity contribution in [2.75, 3.05) is 11.9 Å². The summed E-state index contributed by atoms with van der Waals surface area (Å²) < 4.78 is 5.29. The van der Waals surface area contributed by atoms with E-state index in [1.165, 1.54) is 6.07 Å². The van der Waals surface area contributed by atoms with Gasteiger partial charge in [-0.25, -0.2) is 9.78 Å². The third kappa shape index (κ3) is 2.75. The second kappa shape index (κ2) is 5.72. The van der Waals surface area contributed by atoms with Crippen molar-refractivity contribution in [3.8, 4) is 11.3 Å². The smallest absolute Gasteiger partial charge is 0.371 e. The summed E-state index contributed by atoms with van der Waals surface area (Å²) in [5.74, 6) is -0.641. The quantitative estimate of drug-likeness (QED) is 0.795. The van der Waals surface area contributed by atoms with Gasteiger partial charge in [0.2, 0.25) is 11.5 Å². The number of aromatic nitrogens is 2. The number of carboxylic acids is 1. The van der Waals surface area contributed by atoms with E-state index in [-0.39, 0.29) is 17.5 Å². The minimum absolute atomic E-state index is 0.164. The predicted octanol–water partition coefficient (Wildman–Crippen LogP) is 3.43. The van der Waals surface area contributed by atoms with Gasteiger partial charge in [0.05, 0.1) is 0 Å². The predicted molar refractivity (Wildman–Crippen MR) is 87.7 cm³/mol. The molecule has 0 aliphatic heterocycles. The van der Waals surface area contributed by atoms with Crippen LogP contribution in [0.2, 0.25) is 0 Å². The fourth-order valence-electron chi connectivity index (χ4n) is 2.24. The minimum atomic E-state index is -1.13. The van der Waals surface area contributed by atoms with E-state index in [9.17, 15) is 4.79 Å². The van der Waals surface area contributed by atoms with Gasteiger partial charge in [-0.1, -0.05) is 30.3 Å². The average molecular weight is 311 g/mol. The molecule has 6 heteroatoms. The molecule has 0 saturated heterocycles. The molecule has 0 aliphatic carbocycles. The third-order valence-corrected chi connectivity index (χ3v) is 3.71. The van der Waals surface area contributed by atoms with E-state index in [1.807, 2.05) is 56.1 Å². The number of benzene rings is 1. The van der Waals surface area contributed by atoms with Gasteiger partial charge in [-0.15, -0.1) is 0 Å². The molecule has 2 heterocycles. The van der Waals surface area contributed by atoms with Crippen molar-refractivity contribution < 1.29 is 14.3 Å². The van der Waals surface area contributed by atoms with Crippen LogP contribution in [-0.4, -0.2) is 34.1 Å². The Labute approximate surface area is 133 Å².